The van der Waals surface area contributed by atoms with E-state index in [1.807, 2.05) is 43.3 Å². The zero-order valence-corrected chi connectivity index (χ0v) is 23.2. The van der Waals surface area contributed by atoms with E-state index in [1.165, 1.54) is 19.3 Å². The van der Waals surface area contributed by atoms with Crippen LogP contribution in [-0.4, -0.2) is 51.6 Å². The van der Waals surface area contributed by atoms with Crippen LogP contribution >= 0.6 is 11.3 Å². The smallest absolute Gasteiger partial charge is 0.306 e. The summed E-state index contributed by atoms with van der Waals surface area (Å²) >= 11 is 1.55. The molecule has 1 aliphatic rings. The molecule has 3 aromatic carbocycles. The second-order valence-corrected chi connectivity index (χ2v) is 12.3. The monoisotopic (exact) mass is 549 g/mol. The van der Waals surface area contributed by atoms with E-state index in [-0.39, 0.29) is 11.5 Å². The Morgan fingerprint density at radius 3 is 2.29 bits per heavy atom. The number of benzene rings is 3. The van der Waals surface area contributed by atoms with E-state index in [0.717, 1.165) is 57.7 Å². The third-order valence-electron chi connectivity index (χ3n) is 6.68. The maximum absolute atomic E-state index is 13.8. The number of nitrogens with zero attached hydrogens (tertiary/aromatic N) is 1. The van der Waals surface area contributed by atoms with Gasteiger partial charge < -0.3 is 8.92 Å². The number of hydrogen-bond donors (Lipinski definition) is 0. The van der Waals surface area contributed by atoms with Crippen LogP contribution in [0.25, 0.3) is 20.5 Å². The minimum atomic E-state index is -3.62. The molecule has 0 atom stereocenters. The number of carbonyl (C=O) groups is 1. The highest BCUT2D eigenvalue weighted by Crippen LogP contribution is 2.41. The van der Waals surface area contributed by atoms with E-state index in [1.54, 1.807) is 35.6 Å². The molecule has 0 amide bonds. The van der Waals surface area contributed by atoms with Crippen LogP contribution < -0.4 is 8.92 Å². The van der Waals surface area contributed by atoms with Gasteiger partial charge in [-0.3, -0.25) is 9.69 Å². The van der Waals surface area contributed by atoms with Crippen LogP contribution in [0.4, 0.5) is 0 Å². The number of fused-ring (bicyclic) bond motifs is 1. The van der Waals surface area contributed by atoms with Crippen molar-refractivity contribution in [1.82, 2.24) is 4.90 Å². The summed E-state index contributed by atoms with van der Waals surface area (Å²) in [5, 5.41) is 0.902. The molecule has 198 valence electrons. The van der Waals surface area contributed by atoms with Crippen LogP contribution in [0.5, 0.6) is 11.5 Å². The average molecular weight is 550 g/mol. The molecule has 0 saturated carbocycles. The fourth-order valence-corrected chi connectivity index (χ4v) is 6.56. The van der Waals surface area contributed by atoms with Gasteiger partial charge in [-0.2, -0.15) is 8.42 Å². The Bertz CT molecular complexity index is 1530. The first kappa shape index (κ1) is 26.4. The van der Waals surface area contributed by atoms with Crippen molar-refractivity contribution in [1.29, 1.82) is 0 Å². The summed E-state index contributed by atoms with van der Waals surface area (Å²) in [5.41, 5.74) is 3.17. The Morgan fingerprint density at radius 1 is 0.921 bits per heavy atom. The number of rotatable bonds is 9. The first-order valence-corrected chi connectivity index (χ1v) is 15.4. The third kappa shape index (κ3) is 6.26. The fourth-order valence-electron chi connectivity index (χ4n) is 4.79. The number of ether oxygens (including phenoxy) is 1. The Morgan fingerprint density at radius 2 is 1.61 bits per heavy atom. The van der Waals surface area contributed by atoms with Crippen molar-refractivity contribution in [3.8, 4) is 21.9 Å². The molecule has 0 unspecified atom stereocenters. The van der Waals surface area contributed by atoms with E-state index >= 15 is 0 Å². The van der Waals surface area contributed by atoms with Gasteiger partial charge in [0.1, 0.15) is 18.1 Å². The van der Waals surface area contributed by atoms with E-state index in [0.29, 0.717) is 17.7 Å². The Hall–Kier alpha value is -3.20. The van der Waals surface area contributed by atoms with Crippen LogP contribution in [0.1, 0.15) is 40.7 Å². The maximum Gasteiger partial charge on any atom is 0.306 e. The number of carbonyl (C=O) groups excluding carboxylic acids is 1. The highest BCUT2D eigenvalue weighted by atomic mass is 32.2. The summed E-state index contributed by atoms with van der Waals surface area (Å²) in [5.74, 6) is 0.925. The number of piperidine rings is 1. The first-order chi connectivity index (χ1) is 18.3. The number of aryl methyl sites for hydroxylation is 1. The standard InChI is InChI=1S/C30H31NO5S2/c1-21-6-15-26-27(20-21)37-30(23-9-13-25(14-10-23)36-38(2,33)34)28(26)29(32)22-7-11-24(12-8-22)35-19-18-31-16-4-3-5-17-31/h6-15,20H,3-5,16-19H2,1-2H3. The normalized spacial score (nSPS) is 14.5. The lowest BCUT2D eigenvalue weighted by Crippen LogP contribution is -2.33. The molecule has 0 bridgehead atoms. The van der Waals surface area contributed by atoms with Crippen LogP contribution in [0, 0.1) is 6.92 Å². The summed E-state index contributed by atoms with van der Waals surface area (Å²) in [7, 11) is -3.62. The predicted octanol–water partition coefficient (Wildman–Crippen LogP) is 6.31. The largest absolute Gasteiger partial charge is 0.492 e. The fraction of sp³-hybridized carbons (Fsp3) is 0.300. The molecule has 1 aliphatic heterocycles. The number of likely N-dealkylation sites (tertiary alicyclic amines) is 1. The van der Waals surface area contributed by atoms with Gasteiger partial charge in [-0.15, -0.1) is 11.3 Å². The molecule has 2 heterocycles. The summed E-state index contributed by atoms with van der Waals surface area (Å²) in [4.78, 5) is 17.1. The van der Waals surface area contributed by atoms with Gasteiger partial charge in [-0.05, 0) is 98.6 Å². The molecule has 0 spiro atoms. The van der Waals surface area contributed by atoms with Gasteiger partial charge in [-0.1, -0.05) is 18.6 Å². The van der Waals surface area contributed by atoms with Gasteiger partial charge in [0.15, 0.2) is 5.78 Å². The highest BCUT2D eigenvalue weighted by Gasteiger charge is 2.22. The molecule has 0 N–H and O–H groups in total. The molecule has 0 radical (unpaired) electrons. The predicted molar refractivity (Wildman–Crippen MR) is 153 cm³/mol. The van der Waals surface area contributed by atoms with Gasteiger partial charge in [0.2, 0.25) is 0 Å². The average Bonchev–Trinajstić information content (AvgIpc) is 3.27. The van der Waals surface area contributed by atoms with Crippen molar-refractivity contribution in [2.75, 3.05) is 32.5 Å². The quantitative estimate of drug-likeness (QED) is 0.180. The lowest BCUT2D eigenvalue weighted by atomic mass is 9.97. The maximum atomic E-state index is 13.8. The van der Waals surface area contributed by atoms with Gasteiger partial charge >= 0.3 is 10.1 Å². The summed E-state index contributed by atoms with van der Waals surface area (Å²) in [6.07, 6.45) is 4.84. The zero-order valence-electron chi connectivity index (χ0n) is 21.6. The van der Waals surface area contributed by atoms with Crippen molar-refractivity contribution >= 4 is 37.3 Å². The third-order valence-corrected chi connectivity index (χ3v) is 8.37. The van der Waals surface area contributed by atoms with Crippen molar-refractivity contribution in [2.24, 2.45) is 0 Å². The lowest BCUT2D eigenvalue weighted by Gasteiger charge is -2.26. The van der Waals surface area contributed by atoms with Crippen molar-refractivity contribution in [3.05, 3.63) is 83.4 Å². The van der Waals surface area contributed by atoms with Gasteiger partial charge in [0.25, 0.3) is 0 Å². The van der Waals surface area contributed by atoms with Crippen LogP contribution in [0.2, 0.25) is 0 Å². The number of thiophene rings is 1. The Balaban J connectivity index is 1.39. The van der Waals surface area contributed by atoms with Crippen molar-refractivity contribution < 1.29 is 22.1 Å². The van der Waals surface area contributed by atoms with E-state index < -0.39 is 10.1 Å². The van der Waals surface area contributed by atoms with E-state index in [9.17, 15) is 13.2 Å². The number of hydrogen-bond acceptors (Lipinski definition) is 7. The minimum Gasteiger partial charge on any atom is -0.492 e. The highest BCUT2D eigenvalue weighted by molar-refractivity contribution is 7.86. The van der Waals surface area contributed by atoms with E-state index in [4.69, 9.17) is 8.92 Å². The van der Waals surface area contributed by atoms with E-state index in [2.05, 4.69) is 11.0 Å². The molecule has 4 aromatic rings. The molecule has 6 nitrogen and oxygen atoms in total. The molecule has 1 fully saturated rings. The molecule has 1 aromatic heterocycles. The molecular formula is C30H31NO5S2. The summed E-state index contributed by atoms with van der Waals surface area (Å²) in [6, 6.07) is 20.2. The topological polar surface area (TPSA) is 72.9 Å². The van der Waals surface area contributed by atoms with Gasteiger partial charge in [0.05, 0.1) is 6.26 Å². The van der Waals surface area contributed by atoms with Crippen LogP contribution in [-0.2, 0) is 10.1 Å². The van der Waals surface area contributed by atoms with Crippen LogP contribution in [0.3, 0.4) is 0 Å². The molecule has 0 aliphatic carbocycles. The minimum absolute atomic E-state index is 0.0635. The molecule has 1 saturated heterocycles. The Kier molecular flexibility index (Phi) is 7.83. The van der Waals surface area contributed by atoms with Crippen molar-refractivity contribution in [2.45, 2.75) is 26.2 Å². The lowest BCUT2D eigenvalue weighted by molar-refractivity contribution is 0.104. The summed E-state index contributed by atoms with van der Waals surface area (Å²) < 4.78 is 34.9. The SMILES string of the molecule is Cc1ccc2c(C(=O)c3ccc(OCCN4CCCCC4)cc3)c(-c3ccc(OS(C)(=O)=O)cc3)sc2c1. The molecule has 38 heavy (non-hydrogen) atoms. The second-order valence-electron chi connectivity index (χ2n) is 9.72. The van der Waals surface area contributed by atoms with Gasteiger partial charge in [-0.25, -0.2) is 0 Å². The summed E-state index contributed by atoms with van der Waals surface area (Å²) in [6.45, 7) is 5.85. The molecular weight excluding hydrogens is 518 g/mol. The molecule has 8 heteroatoms. The van der Waals surface area contributed by atoms with Crippen molar-refractivity contribution in [3.63, 3.8) is 0 Å². The number of ketones is 1. The second kappa shape index (κ2) is 11.3. The Labute approximate surface area is 227 Å². The van der Waals surface area contributed by atoms with Gasteiger partial charge in [0, 0.05) is 32.6 Å². The first-order valence-electron chi connectivity index (χ1n) is 12.8. The zero-order chi connectivity index (χ0) is 26.7. The molecule has 5 rings (SSSR count). The van der Waals surface area contributed by atoms with Crippen LogP contribution in [0.15, 0.2) is 66.7 Å².